The lowest BCUT2D eigenvalue weighted by molar-refractivity contribution is -0.387. The largest absolute Gasteiger partial charge is 0.324 e. The number of carbonyl (C=O) groups is 2. The number of anilines is 2. The van der Waals surface area contributed by atoms with Crippen molar-refractivity contribution in [1.82, 2.24) is 0 Å². The van der Waals surface area contributed by atoms with Gasteiger partial charge in [-0.2, -0.15) is 4.39 Å². The van der Waals surface area contributed by atoms with Crippen LogP contribution in [0.25, 0.3) is 0 Å². The molecule has 1 fully saturated rings. The maximum Gasteiger partial charge on any atom is 0.306 e. The molecule has 1 unspecified atom stereocenters. The zero-order valence-electron chi connectivity index (χ0n) is 13.9. The number of hydrogen-bond donors (Lipinski definition) is 1. The second-order valence-electron chi connectivity index (χ2n) is 6.03. The average molecular weight is 447 g/mol. The van der Waals surface area contributed by atoms with E-state index in [9.17, 15) is 24.1 Å². The van der Waals surface area contributed by atoms with Crippen LogP contribution in [0.4, 0.5) is 21.5 Å². The summed E-state index contributed by atoms with van der Waals surface area (Å²) in [7, 11) is 0. The fourth-order valence-electron chi connectivity index (χ4n) is 2.79. The van der Waals surface area contributed by atoms with Gasteiger partial charge in [0, 0.05) is 19.0 Å². The average Bonchev–Trinajstić information content (AvgIpc) is 3.01. The third-order valence-corrected chi connectivity index (χ3v) is 5.24. The standard InChI is InChI=1S/C17H11Cl3FN3O4/c18-10-5-12(20)14(6-11(10)19)22-17(26)8-3-16(25)23(7-8)9-1-2-13(21)15(4-9)24(27)28/h1-2,4-6,8H,3,7H2,(H,22,26). The summed E-state index contributed by atoms with van der Waals surface area (Å²) in [4.78, 5) is 36.0. The van der Waals surface area contributed by atoms with Gasteiger partial charge in [0.05, 0.1) is 37.3 Å². The van der Waals surface area contributed by atoms with Crippen LogP contribution in [0.2, 0.25) is 15.1 Å². The van der Waals surface area contributed by atoms with Crippen LogP contribution in [0, 0.1) is 21.8 Å². The van der Waals surface area contributed by atoms with Gasteiger partial charge >= 0.3 is 5.69 Å². The zero-order chi connectivity index (χ0) is 20.6. The highest BCUT2D eigenvalue weighted by atomic mass is 35.5. The lowest BCUT2D eigenvalue weighted by Gasteiger charge is -2.17. The van der Waals surface area contributed by atoms with Crippen molar-refractivity contribution in [3.63, 3.8) is 0 Å². The number of benzene rings is 2. The second-order valence-corrected chi connectivity index (χ2v) is 7.26. The Hall–Kier alpha value is -2.42. The first-order valence-electron chi connectivity index (χ1n) is 7.87. The molecule has 146 valence electrons. The summed E-state index contributed by atoms with van der Waals surface area (Å²) in [5, 5.41) is 14.1. The van der Waals surface area contributed by atoms with Crippen molar-refractivity contribution in [1.29, 1.82) is 0 Å². The van der Waals surface area contributed by atoms with Crippen molar-refractivity contribution < 1.29 is 18.9 Å². The molecular formula is C17H11Cl3FN3O4. The van der Waals surface area contributed by atoms with Crippen LogP contribution >= 0.6 is 34.8 Å². The van der Waals surface area contributed by atoms with Crippen LogP contribution in [0.1, 0.15) is 6.42 Å². The Labute approximate surface area is 173 Å². The molecule has 1 aliphatic heterocycles. The SMILES string of the molecule is O=C(Nc1cc(Cl)c(Cl)cc1Cl)C1CC(=O)N(c2ccc(F)c([N+](=O)[O-])c2)C1. The number of nitrogens with zero attached hydrogens (tertiary/aromatic N) is 2. The molecule has 11 heteroatoms. The molecule has 1 saturated heterocycles. The van der Waals surface area contributed by atoms with Crippen LogP contribution in [-0.4, -0.2) is 23.3 Å². The summed E-state index contributed by atoms with van der Waals surface area (Å²) >= 11 is 17.8. The topological polar surface area (TPSA) is 92.6 Å². The second kappa shape index (κ2) is 7.90. The van der Waals surface area contributed by atoms with Gasteiger partial charge in [0.2, 0.25) is 17.6 Å². The lowest BCUT2D eigenvalue weighted by Crippen LogP contribution is -2.28. The molecule has 1 N–H and O–H groups in total. The number of nitro groups is 1. The molecule has 0 spiro atoms. The fraction of sp³-hybridized carbons (Fsp3) is 0.176. The summed E-state index contributed by atoms with van der Waals surface area (Å²) in [5.41, 5.74) is -0.369. The highest BCUT2D eigenvalue weighted by molar-refractivity contribution is 6.44. The Bertz CT molecular complexity index is 1000. The van der Waals surface area contributed by atoms with E-state index in [1.54, 1.807) is 0 Å². The molecule has 0 aromatic heterocycles. The Balaban J connectivity index is 1.77. The van der Waals surface area contributed by atoms with E-state index in [0.29, 0.717) is 0 Å². The normalized spacial score (nSPS) is 16.4. The summed E-state index contributed by atoms with van der Waals surface area (Å²) in [6.07, 6.45) is -0.115. The molecule has 1 aliphatic rings. The van der Waals surface area contributed by atoms with Gasteiger partial charge in [0.15, 0.2) is 0 Å². The first-order valence-corrected chi connectivity index (χ1v) is 9.00. The molecule has 2 aromatic carbocycles. The molecule has 7 nitrogen and oxygen atoms in total. The highest BCUT2D eigenvalue weighted by Crippen LogP contribution is 2.34. The first-order chi connectivity index (χ1) is 13.2. The first kappa shape index (κ1) is 20.3. The summed E-state index contributed by atoms with van der Waals surface area (Å²) in [6, 6.07) is 5.89. The Morgan fingerprint density at radius 1 is 1.18 bits per heavy atom. The van der Waals surface area contributed by atoms with Gasteiger partial charge in [-0.25, -0.2) is 0 Å². The van der Waals surface area contributed by atoms with Crippen LogP contribution in [0.5, 0.6) is 0 Å². The number of nitrogens with one attached hydrogen (secondary N) is 1. The van der Waals surface area contributed by atoms with Gasteiger partial charge in [-0.3, -0.25) is 19.7 Å². The van der Waals surface area contributed by atoms with Crippen LogP contribution in [0.3, 0.4) is 0 Å². The van der Waals surface area contributed by atoms with Crippen molar-refractivity contribution in [2.75, 3.05) is 16.8 Å². The van der Waals surface area contributed by atoms with Crippen LogP contribution in [-0.2, 0) is 9.59 Å². The highest BCUT2D eigenvalue weighted by Gasteiger charge is 2.36. The van der Waals surface area contributed by atoms with Gasteiger partial charge in [0.25, 0.3) is 0 Å². The number of carbonyl (C=O) groups excluding carboxylic acids is 2. The minimum absolute atomic E-state index is 0.0214. The number of halogens is 4. The van der Waals surface area contributed by atoms with E-state index in [-0.39, 0.29) is 39.4 Å². The van der Waals surface area contributed by atoms with E-state index < -0.39 is 34.2 Å². The molecule has 2 aromatic rings. The van der Waals surface area contributed by atoms with E-state index in [2.05, 4.69) is 5.32 Å². The monoisotopic (exact) mass is 445 g/mol. The molecule has 0 aliphatic carbocycles. The molecule has 0 bridgehead atoms. The van der Waals surface area contributed by atoms with Crippen molar-refractivity contribution in [2.45, 2.75) is 6.42 Å². The summed E-state index contributed by atoms with van der Waals surface area (Å²) in [6.45, 7) is -0.0214. The minimum atomic E-state index is -1.01. The third kappa shape index (κ3) is 4.04. The molecule has 28 heavy (non-hydrogen) atoms. The van der Waals surface area contributed by atoms with E-state index in [4.69, 9.17) is 34.8 Å². The molecule has 0 radical (unpaired) electrons. The molecule has 2 amide bonds. The Morgan fingerprint density at radius 2 is 1.86 bits per heavy atom. The van der Waals surface area contributed by atoms with Crippen LogP contribution in [0.15, 0.2) is 30.3 Å². The van der Waals surface area contributed by atoms with E-state index in [1.807, 2.05) is 0 Å². The van der Waals surface area contributed by atoms with Crippen molar-refractivity contribution >= 4 is 63.7 Å². The Morgan fingerprint density at radius 3 is 2.54 bits per heavy atom. The van der Waals surface area contributed by atoms with Gasteiger partial charge in [-0.15, -0.1) is 0 Å². The predicted molar refractivity (Wildman–Crippen MR) is 104 cm³/mol. The molecule has 1 atom stereocenters. The maximum absolute atomic E-state index is 13.5. The van der Waals surface area contributed by atoms with Crippen LogP contribution < -0.4 is 10.2 Å². The fourth-order valence-corrected chi connectivity index (χ4v) is 3.39. The van der Waals surface area contributed by atoms with E-state index >= 15 is 0 Å². The van der Waals surface area contributed by atoms with Gasteiger partial charge < -0.3 is 10.2 Å². The summed E-state index contributed by atoms with van der Waals surface area (Å²) in [5.74, 6) is -2.64. The minimum Gasteiger partial charge on any atom is -0.324 e. The smallest absolute Gasteiger partial charge is 0.306 e. The van der Waals surface area contributed by atoms with E-state index in [1.165, 1.54) is 23.1 Å². The van der Waals surface area contributed by atoms with Crippen molar-refractivity contribution in [3.05, 3.63) is 61.3 Å². The molecule has 3 rings (SSSR count). The Kier molecular flexibility index (Phi) is 5.74. The van der Waals surface area contributed by atoms with Crippen molar-refractivity contribution in [2.24, 2.45) is 5.92 Å². The quantitative estimate of drug-likeness (QED) is 0.419. The lowest BCUT2D eigenvalue weighted by atomic mass is 10.1. The zero-order valence-corrected chi connectivity index (χ0v) is 16.2. The number of rotatable bonds is 4. The third-order valence-electron chi connectivity index (χ3n) is 4.20. The number of amides is 2. The molecular weight excluding hydrogens is 436 g/mol. The summed E-state index contributed by atoms with van der Waals surface area (Å²) < 4.78 is 13.5. The number of hydrogen-bond acceptors (Lipinski definition) is 4. The molecule has 1 heterocycles. The van der Waals surface area contributed by atoms with Gasteiger partial charge in [-0.1, -0.05) is 34.8 Å². The van der Waals surface area contributed by atoms with E-state index in [0.717, 1.165) is 12.1 Å². The predicted octanol–water partition coefficient (Wildman–Crippen LogP) is 4.69. The molecule has 0 saturated carbocycles. The van der Waals surface area contributed by atoms with Crippen molar-refractivity contribution in [3.8, 4) is 0 Å². The van der Waals surface area contributed by atoms with Gasteiger partial charge in [0.1, 0.15) is 0 Å². The number of nitro benzene ring substituents is 1. The van der Waals surface area contributed by atoms with Gasteiger partial charge in [-0.05, 0) is 24.3 Å². The maximum atomic E-state index is 13.5.